The van der Waals surface area contributed by atoms with Gasteiger partial charge < -0.3 is 4.74 Å². The van der Waals surface area contributed by atoms with Crippen LogP contribution in [0.3, 0.4) is 0 Å². The van der Waals surface area contributed by atoms with Crippen molar-refractivity contribution >= 4 is 43.2 Å². The maximum Gasteiger partial charge on any atom is 0.0671 e. The van der Waals surface area contributed by atoms with E-state index in [2.05, 4.69) is 43.3 Å². The van der Waals surface area contributed by atoms with E-state index in [4.69, 9.17) is 4.74 Å². The summed E-state index contributed by atoms with van der Waals surface area (Å²) in [6.45, 7) is 0.944. The number of ether oxygens (including phenoxy) is 1. The molecular weight excluding hydrogens is 364 g/mol. The number of rotatable bonds is 4. The highest BCUT2D eigenvalue weighted by molar-refractivity contribution is 9.10. The summed E-state index contributed by atoms with van der Waals surface area (Å²) >= 11 is 9.15. The Balaban J connectivity index is 1.80. The summed E-state index contributed by atoms with van der Waals surface area (Å²) in [7, 11) is 0. The minimum atomic E-state index is 0.339. The molecule has 1 aliphatic carbocycles. The molecule has 2 fully saturated rings. The quantitative estimate of drug-likeness (QED) is 0.692. The van der Waals surface area contributed by atoms with E-state index in [1.807, 2.05) is 11.3 Å². The third-order valence-corrected chi connectivity index (χ3v) is 6.78. The number of hydrogen-bond acceptors (Lipinski definition) is 2. The normalized spacial score (nSPS) is 33.2. The third kappa shape index (κ3) is 2.51. The molecule has 2 heterocycles. The Labute approximate surface area is 123 Å². The summed E-state index contributed by atoms with van der Waals surface area (Å²) in [6.07, 6.45) is 5.59. The summed E-state index contributed by atoms with van der Waals surface area (Å²) in [5.41, 5.74) is 0.339. The Morgan fingerprint density at radius 1 is 1.47 bits per heavy atom. The summed E-state index contributed by atoms with van der Waals surface area (Å²) < 4.78 is 7.24. The van der Waals surface area contributed by atoms with E-state index in [9.17, 15) is 0 Å². The molecule has 0 amide bonds. The Bertz CT molecular complexity index is 402. The van der Waals surface area contributed by atoms with Crippen LogP contribution in [0.15, 0.2) is 15.9 Å². The average Bonchev–Trinajstić information content (AvgIpc) is 2.96. The first-order valence-electron chi connectivity index (χ1n) is 6.14. The van der Waals surface area contributed by atoms with Crippen molar-refractivity contribution in [3.63, 3.8) is 0 Å². The molecule has 3 rings (SSSR count). The van der Waals surface area contributed by atoms with E-state index >= 15 is 0 Å². The van der Waals surface area contributed by atoms with Crippen LogP contribution < -0.4 is 0 Å². The number of halogens is 2. The van der Waals surface area contributed by atoms with Crippen molar-refractivity contribution in [2.45, 2.75) is 31.8 Å². The monoisotopic (exact) mass is 378 g/mol. The maximum atomic E-state index is 6.03. The molecule has 1 nitrogen and oxygen atoms in total. The van der Waals surface area contributed by atoms with Crippen LogP contribution in [0.2, 0.25) is 0 Å². The predicted molar refractivity (Wildman–Crippen MR) is 79.0 cm³/mol. The van der Waals surface area contributed by atoms with Crippen molar-refractivity contribution < 1.29 is 4.74 Å². The number of hydrogen-bond donors (Lipinski definition) is 0. The van der Waals surface area contributed by atoms with Gasteiger partial charge in [0.2, 0.25) is 0 Å². The lowest BCUT2D eigenvalue weighted by Crippen LogP contribution is -2.36. The van der Waals surface area contributed by atoms with Gasteiger partial charge in [-0.1, -0.05) is 15.9 Å². The molecule has 0 N–H and O–H groups in total. The maximum absolute atomic E-state index is 6.03. The van der Waals surface area contributed by atoms with Crippen molar-refractivity contribution in [3.05, 3.63) is 20.8 Å². The lowest BCUT2D eigenvalue weighted by molar-refractivity contribution is 0.0416. The standard InChI is InChI=1S/C13H16Br2OS/c14-8-13(6-11-5-10(15)7-17-11)3-4-16-12(13)9-1-2-9/h5,7,9,12H,1-4,6,8H2. The average molecular weight is 380 g/mol. The van der Waals surface area contributed by atoms with Gasteiger partial charge in [0.25, 0.3) is 0 Å². The number of alkyl halides is 1. The molecule has 94 valence electrons. The molecule has 0 spiro atoms. The smallest absolute Gasteiger partial charge is 0.0671 e. The zero-order valence-corrected chi connectivity index (χ0v) is 13.6. The topological polar surface area (TPSA) is 9.23 Å². The zero-order valence-electron chi connectivity index (χ0n) is 9.62. The molecular formula is C13H16Br2OS. The SMILES string of the molecule is BrCC1(Cc2cc(Br)cs2)CCOC1C1CC1. The Morgan fingerprint density at radius 3 is 2.88 bits per heavy atom. The second kappa shape index (κ2) is 4.95. The fraction of sp³-hybridized carbons (Fsp3) is 0.692. The van der Waals surface area contributed by atoms with E-state index in [1.54, 1.807) is 0 Å². The van der Waals surface area contributed by atoms with Gasteiger partial charge in [-0.25, -0.2) is 0 Å². The van der Waals surface area contributed by atoms with Gasteiger partial charge in [-0.15, -0.1) is 11.3 Å². The molecule has 1 aromatic heterocycles. The Morgan fingerprint density at radius 2 is 2.29 bits per heavy atom. The largest absolute Gasteiger partial charge is 0.377 e. The third-order valence-electron chi connectivity index (χ3n) is 3.97. The van der Waals surface area contributed by atoms with E-state index in [1.165, 1.54) is 28.6 Å². The highest BCUT2D eigenvalue weighted by Gasteiger charge is 2.50. The fourth-order valence-corrected chi connectivity index (χ4v) is 5.32. The summed E-state index contributed by atoms with van der Waals surface area (Å²) in [6, 6.07) is 2.26. The molecule has 2 aliphatic rings. The van der Waals surface area contributed by atoms with Gasteiger partial charge in [0.15, 0.2) is 0 Å². The van der Waals surface area contributed by atoms with E-state index in [0.717, 1.165) is 24.3 Å². The minimum absolute atomic E-state index is 0.339. The van der Waals surface area contributed by atoms with Crippen LogP contribution >= 0.6 is 43.2 Å². The van der Waals surface area contributed by atoms with Gasteiger partial charge in [-0.2, -0.15) is 0 Å². The highest BCUT2D eigenvalue weighted by atomic mass is 79.9. The first-order valence-corrected chi connectivity index (χ1v) is 8.93. The van der Waals surface area contributed by atoms with Crippen LogP contribution in [0.1, 0.15) is 24.1 Å². The summed E-state index contributed by atoms with van der Waals surface area (Å²) in [4.78, 5) is 1.48. The Hall–Kier alpha value is 0.620. The highest BCUT2D eigenvalue weighted by Crippen LogP contribution is 2.50. The zero-order chi connectivity index (χ0) is 11.9. The van der Waals surface area contributed by atoms with Gasteiger partial charge in [0.05, 0.1) is 6.10 Å². The first-order chi connectivity index (χ1) is 8.23. The molecule has 2 unspecified atom stereocenters. The molecule has 17 heavy (non-hydrogen) atoms. The van der Waals surface area contributed by atoms with E-state index in [0.29, 0.717) is 11.5 Å². The Kier molecular flexibility index (Phi) is 3.68. The van der Waals surface area contributed by atoms with Crippen molar-refractivity contribution in [1.29, 1.82) is 0 Å². The van der Waals surface area contributed by atoms with Crippen molar-refractivity contribution in [2.24, 2.45) is 11.3 Å². The van der Waals surface area contributed by atoms with Crippen molar-refractivity contribution in [1.82, 2.24) is 0 Å². The van der Waals surface area contributed by atoms with E-state index < -0.39 is 0 Å². The van der Waals surface area contributed by atoms with Crippen molar-refractivity contribution in [2.75, 3.05) is 11.9 Å². The fourth-order valence-electron chi connectivity index (χ4n) is 2.92. The molecule has 2 atom stereocenters. The lowest BCUT2D eigenvalue weighted by Gasteiger charge is -2.32. The van der Waals surface area contributed by atoms with Gasteiger partial charge in [0.1, 0.15) is 0 Å². The van der Waals surface area contributed by atoms with Crippen molar-refractivity contribution in [3.8, 4) is 0 Å². The molecule has 0 aromatic carbocycles. The van der Waals surface area contributed by atoms with Crippen LogP contribution in [0.4, 0.5) is 0 Å². The molecule has 0 bridgehead atoms. The van der Waals surface area contributed by atoms with Crippen LogP contribution in [0.5, 0.6) is 0 Å². The molecule has 1 saturated heterocycles. The van der Waals surface area contributed by atoms with Crippen LogP contribution in [-0.2, 0) is 11.2 Å². The molecule has 1 aliphatic heterocycles. The van der Waals surface area contributed by atoms with Gasteiger partial charge in [0, 0.05) is 32.1 Å². The van der Waals surface area contributed by atoms with Crippen LogP contribution in [0, 0.1) is 11.3 Å². The molecule has 0 radical (unpaired) electrons. The minimum Gasteiger partial charge on any atom is -0.377 e. The summed E-state index contributed by atoms with van der Waals surface area (Å²) in [5.74, 6) is 0.832. The predicted octanol–water partition coefficient (Wildman–Crippen LogP) is 4.63. The number of thiophene rings is 1. The molecule has 4 heteroatoms. The molecule has 1 aromatic rings. The van der Waals surface area contributed by atoms with Gasteiger partial charge in [-0.05, 0) is 53.6 Å². The van der Waals surface area contributed by atoms with Crippen LogP contribution in [-0.4, -0.2) is 18.0 Å². The van der Waals surface area contributed by atoms with Gasteiger partial charge in [-0.3, -0.25) is 0 Å². The second-order valence-corrected chi connectivity index (χ2v) is 7.76. The second-order valence-electron chi connectivity index (χ2n) is 5.28. The van der Waals surface area contributed by atoms with Crippen LogP contribution in [0.25, 0.3) is 0 Å². The van der Waals surface area contributed by atoms with E-state index in [-0.39, 0.29) is 0 Å². The summed E-state index contributed by atoms with van der Waals surface area (Å²) in [5, 5.41) is 3.25. The molecule has 1 saturated carbocycles. The first kappa shape index (κ1) is 12.6. The lowest BCUT2D eigenvalue weighted by atomic mass is 9.77. The van der Waals surface area contributed by atoms with Gasteiger partial charge >= 0.3 is 0 Å².